The minimum absolute atomic E-state index is 0.186. The standard InChI is InChI=1S/C11H14O/c1-6-10(12)7-11(8(2)3)9(4)5/h1H,2,7H2,3-5H3. The molecule has 0 aromatic carbocycles. The molecule has 0 saturated heterocycles. The van der Waals surface area contributed by atoms with Crippen LogP contribution in [0, 0.1) is 12.3 Å². The van der Waals surface area contributed by atoms with E-state index in [9.17, 15) is 4.79 Å². The summed E-state index contributed by atoms with van der Waals surface area (Å²) in [6.45, 7) is 9.57. The van der Waals surface area contributed by atoms with Crippen molar-refractivity contribution in [3.8, 4) is 12.3 Å². The van der Waals surface area contributed by atoms with Gasteiger partial charge >= 0.3 is 0 Å². The van der Waals surface area contributed by atoms with E-state index < -0.39 is 0 Å². The summed E-state index contributed by atoms with van der Waals surface area (Å²) in [6.07, 6.45) is 5.28. The van der Waals surface area contributed by atoms with Crippen LogP contribution in [0.15, 0.2) is 23.3 Å². The molecule has 0 rings (SSSR count). The van der Waals surface area contributed by atoms with Crippen LogP contribution in [0.25, 0.3) is 0 Å². The molecule has 1 heteroatoms. The van der Waals surface area contributed by atoms with Crippen LogP contribution in [0.3, 0.4) is 0 Å². The Morgan fingerprint density at radius 3 is 2.17 bits per heavy atom. The molecule has 0 N–H and O–H groups in total. The summed E-state index contributed by atoms with van der Waals surface area (Å²) in [5, 5.41) is 0. The third-order valence-corrected chi connectivity index (χ3v) is 1.62. The highest BCUT2D eigenvalue weighted by Crippen LogP contribution is 2.16. The second kappa shape index (κ2) is 4.56. The van der Waals surface area contributed by atoms with Crippen molar-refractivity contribution in [3.05, 3.63) is 23.3 Å². The molecule has 1 nitrogen and oxygen atoms in total. The fourth-order valence-corrected chi connectivity index (χ4v) is 0.966. The highest BCUT2D eigenvalue weighted by atomic mass is 16.1. The first kappa shape index (κ1) is 10.7. The van der Waals surface area contributed by atoms with Crippen molar-refractivity contribution >= 4 is 5.78 Å². The maximum atomic E-state index is 10.9. The summed E-state index contributed by atoms with van der Waals surface area (Å²) in [5.74, 6) is 1.91. The molecule has 0 aromatic rings. The van der Waals surface area contributed by atoms with E-state index >= 15 is 0 Å². The third kappa shape index (κ3) is 3.21. The van der Waals surface area contributed by atoms with Gasteiger partial charge in [0.1, 0.15) is 0 Å². The Bertz CT molecular complexity index is 270. The van der Waals surface area contributed by atoms with Crippen molar-refractivity contribution in [3.63, 3.8) is 0 Å². The average Bonchev–Trinajstić information content (AvgIpc) is 1.98. The largest absolute Gasteiger partial charge is 0.285 e. The molecule has 0 saturated carbocycles. The van der Waals surface area contributed by atoms with E-state index in [-0.39, 0.29) is 5.78 Å². The highest BCUT2D eigenvalue weighted by Gasteiger charge is 2.05. The van der Waals surface area contributed by atoms with Gasteiger partial charge in [0, 0.05) is 6.42 Å². The van der Waals surface area contributed by atoms with Crippen LogP contribution in [0.2, 0.25) is 0 Å². The predicted molar refractivity (Wildman–Crippen MR) is 51.6 cm³/mol. The van der Waals surface area contributed by atoms with E-state index in [1.54, 1.807) is 0 Å². The first-order chi connectivity index (χ1) is 5.49. The third-order valence-electron chi connectivity index (χ3n) is 1.62. The van der Waals surface area contributed by atoms with Crippen molar-refractivity contribution in [2.45, 2.75) is 27.2 Å². The molecular formula is C11H14O. The van der Waals surface area contributed by atoms with Gasteiger partial charge in [0.15, 0.2) is 0 Å². The smallest absolute Gasteiger partial charge is 0.209 e. The molecule has 0 aromatic heterocycles. The maximum Gasteiger partial charge on any atom is 0.209 e. The van der Waals surface area contributed by atoms with Gasteiger partial charge < -0.3 is 0 Å². The number of hydrogen-bond donors (Lipinski definition) is 0. The molecule has 12 heavy (non-hydrogen) atoms. The number of hydrogen-bond acceptors (Lipinski definition) is 1. The van der Waals surface area contributed by atoms with E-state index in [2.05, 4.69) is 12.5 Å². The van der Waals surface area contributed by atoms with Gasteiger partial charge in [-0.25, -0.2) is 0 Å². The summed E-state index contributed by atoms with van der Waals surface area (Å²) in [6, 6.07) is 0. The number of allylic oxidation sites excluding steroid dienone is 3. The van der Waals surface area contributed by atoms with Crippen LogP contribution in [0.5, 0.6) is 0 Å². The van der Waals surface area contributed by atoms with Crippen LogP contribution in [0.4, 0.5) is 0 Å². The number of ketones is 1. The molecule has 0 aliphatic heterocycles. The van der Waals surface area contributed by atoms with E-state index in [0.717, 1.165) is 16.7 Å². The molecular weight excluding hydrogens is 148 g/mol. The van der Waals surface area contributed by atoms with Crippen molar-refractivity contribution in [1.82, 2.24) is 0 Å². The van der Waals surface area contributed by atoms with Crippen LogP contribution < -0.4 is 0 Å². The molecule has 0 aliphatic carbocycles. The van der Waals surface area contributed by atoms with Gasteiger partial charge in [-0.05, 0) is 32.3 Å². The lowest BCUT2D eigenvalue weighted by Gasteiger charge is -2.05. The monoisotopic (exact) mass is 162 g/mol. The molecule has 64 valence electrons. The Hall–Kier alpha value is -1.29. The molecule has 0 aliphatic rings. The Kier molecular flexibility index (Phi) is 4.07. The van der Waals surface area contributed by atoms with Crippen molar-refractivity contribution in [1.29, 1.82) is 0 Å². The molecule has 0 atom stereocenters. The Balaban J connectivity index is 4.62. The quantitative estimate of drug-likeness (QED) is 0.354. The summed E-state index contributed by atoms with van der Waals surface area (Å²) >= 11 is 0. The number of terminal acetylenes is 1. The normalized spacial score (nSPS) is 8.50. The summed E-state index contributed by atoms with van der Waals surface area (Å²) < 4.78 is 0. The highest BCUT2D eigenvalue weighted by molar-refractivity contribution is 5.96. The van der Waals surface area contributed by atoms with Crippen LogP contribution >= 0.6 is 0 Å². The summed E-state index contributed by atoms with van der Waals surface area (Å²) in [4.78, 5) is 10.9. The molecule has 0 radical (unpaired) electrons. The zero-order chi connectivity index (χ0) is 9.72. The summed E-state index contributed by atoms with van der Waals surface area (Å²) in [5.41, 5.74) is 2.99. The van der Waals surface area contributed by atoms with Gasteiger partial charge in [0.25, 0.3) is 0 Å². The van der Waals surface area contributed by atoms with Gasteiger partial charge in [0.05, 0.1) is 0 Å². The van der Waals surface area contributed by atoms with Gasteiger partial charge in [-0.1, -0.05) is 17.7 Å². The molecule has 0 spiro atoms. The Morgan fingerprint density at radius 2 is 1.92 bits per heavy atom. The van der Waals surface area contributed by atoms with Gasteiger partial charge in [0.2, 0.25) is 5.78 Å². The minimum Gasteiger partial charge on any atom is -0.285 e. The minimum atomic E-state index is -0.186. The Labute approximate surface area is 74.2 Å². The lowest BCUT2D eigenvalue weighted by Crippen LogP contribution is -1.98. The lowest BCUT2D eigenvalue weighted by atomic mass is 9.99. The second-order valence-corrected chi connectivity index (χ2v) is 3.00. The van der Waals surface area contributed by atoms with Crippen LogP contribution in [-0.2, 0) is 4.79 Å². The van der Waals surface area contributed by atoms with E-state index in [1.807, 2.05) is 20.8 Å². The molecule has 0 bridgehead atoms. The van der Waals surface area contributed by atoms with Gasteiger partial charge in [-0.15, -0.1) is 6.42 Å². The SMILES string of the molecule is C#CC(=O)CC(C(=C)C)=C(C)C. The zero-order valence-electron chi connectivity index (χ0n) is 7.90. The number of carbonyl (C=O) groups is 1. The fourth-order valence-electron chi connectivity index (χ4n) is 0.966. The Morgan fingerprint density at radius 1 is 1.42 bits per heavy atom. The van der Waals surface area contributed by atoms with E-state index in [1.165, 1.54) is 0 Å². The fraction of sp³-hybridized carbons (Fsp3) is 0.364. The van der Waals surface area contributed by atoms with Crippen LogP contribution in [0.1, 0.15) is 27.2 Å². The van der Waals surface area contributed by atoms with Gasteiger partial charge in [-0.3, -0.25) is 4.79 Å². The molecule has 0 heterocycles. The van der Waals surface area contributed by atoms with Gasteiger partial charge in [-0.2, -0.15) is 0 Å². The molecule has 0 amide bonds. The van der Waals surface area contributed by atoms with Crippen molar-refractivity contribution in [2.24, 2.45) is 0 Å². The van der Waals surface area contributed by atoms with Crippen LogP contribution in [-0.4, -0.2) is 5.78 Å². The lowest BCUT2D eigenvalue weighted by molar-refractivity contribution is -0.113. The van der Waals surface area contributed by atoms with E-state index in [0.29, 0.717) is 6.42 Å². The summed E-state index contributed by atoms with van der Waals surface area (Å²) in [7, 11) is 0. The first-order valence-electron chi connectivity index (χ1n) is 3.80. The molecule has 0 unspecified atom stereocenters. The first-order valence-corrected chi connectivity index (χ1v) is 3.80. The van der Waals surface area contributed by atoms with E-state index in [4.69, 9.17) is 6.42 Å². The predicted octanol–water partition coefficient (Wildman–Crippen LogP) is 2.49. The van der Waals surface area contributed by atoms with Crippen molar-refractivity contribution in [2.75, 3.05) is 0 Å². The van der Waals surface area contributed by atoms with Crippen molar-refractivity contribution < 1.29 is 4.79 Å². The second-order valence-electron chi connectivity index (χ2n) is 3.00. The number of carbonyl (C=O) groups excluding carboxylic acids is 1. The zero-order valence-corrected chi connectivity index (χ0v) is 7.90. The molecule has 0 fully saturated rings. The topological polar surface area (TPSA) is 17.1 Å². The number of rotatable bonds is 3. The number of Topliss-reactive ketones (excluding diaryl/α,β-unsaturated/α-hetero) is 1. The average molecular weight is 162 g/mol. The maximum absolute atomic E-state index is 10.9.